The smallest absolute Gasteiger partial charge is 0.178 e. The number of pyridine rings is 1. The monoisotopic (exact) mass is 327 g/mol. The normalized spacial score (nSPS) is 10.8. The van der Waals surface area contributed by atoms with E-state index in [2.05, 4.69) is 23.0 Å². The average molecular weight is 327 g/mol. The first-order chi connectivity index (χ1) is 12.2. The van der Waals surface area contributed by atoms with Crippen LogP contribution in [0.5, 0.6) is 5.75 Å². The van der Waals surface area contributed by atoms with Gasteiger partial charge in [-0.25, -0.2) is 15.0 Å². The lowest BCUT2D eigenvalue weighted by Gasteiger charge is -2.09. The van der Waals surface area contributed by atoms with Crippen molar-refractivity contribution in [3.05, 3.63) is 72.4 Å². The fourth-order valence-corrected chi connectivity index (χ4v) is 2.79. The molecule has 122 valence electrons. The lowest BCUT2D eigenvalue weighted by atomic mass is 10.1. The molecule has 0 radical (unpaired) electrons. The standard InChI is InChI=1S/C21H17N3O/c1-14-7-12-19(21-22-13-16-5-3-4-6-18(16)24-21)23-20(14)15-8-10-17(25-2)11-9-15/h3-13H,1-2H3. The molecule has 4 rings (SSSR count). The molecule has 0 aliphatic rings. The quantitative estimate of drug-likeness (QED) is 0.548. The van der Waals surface area contributed by atoms with E-state index < -0.39 is 0 Å². The Morgan fingerprint density at radius 3 is 2.44 bits per heavy atom. The van der Waals surface area contributed by atoms with E-state index in [0.717, 1.165) is 39.2 Å². The lowest BCUT2D eigenvalue weighted by molar-refractivity contribution is 0.415. The molecule has 4 aromatic rings. The summed E-state index contributed by atoms with van der Waals surface area (Å²) in [5.41, 5.74) is 4.76. The summed E-state index contributed by atoms with van der Waals surface area (Å²) in [6, 6.07) is 19.9. The second kappa shape index (κ2) is 6.32. The summed E-state index contributed by atoms with van der Waals surface area (Å²) in [6.45, 7) is 2.05. The summed E-state index contributed by atoms with van der Waals surface area (Å²) in [5.74, 6) is 1.46. The number of methoxy groups -OCH3 is 1. The van der Waals surface area contributed by atoms with Gasteiger partial charge in [-0.3, -0.25) is 0 Å². The maximum Gasteiger partial charge on any atom is 0.178 e. The van der Waals surface area contributed by atoms with Crippen LogP contribution in [0.15, 0.2) is 66.9 Å². The Labute approximate surface area is 146 Å². The number of aryl methyl sites for hydroxylation is 1. The number of para-hydroxylation sites is 1. The average Bonchev–Trinajstić information content (AvgIpc) is 2.68. The Morgan fingerprint density at radius 1 is 0.840 bits per heavy atom. The van der Waals surface area contributed by atoms with Crippen LogP contribution in [0, 0.1) is 6.92 Å². The van der Waals surface area contributed by atoms with Gasteiger partial charge in [-0.2, -0.15) is 0 Å². The first kappa shape index (κ1) is 15.3. The maximum absolute atomic E-state index is 5.23. The second-order valence-electron chi connectivity index (χ2n) is 5.84. The largest absolute Gasteiger partial charge is 0.497 e. The summed E-state index contributed by atoms with van der Waals surface area (Å²) >= 11 is 0. The van der Waals surface area contributed by atoms with E-state index in [1.165, 1.54) is 0 Å². The molecule has 2 heterocycles. The van der Waals surface area contributed by atoms with Gasteiger partial charge in [-0.05, 0) is 48.9 Å². The van der Waals surface area contributed by atoms with Crippen molar-refractivity contribution >= 4 is 10.9 Å². The van der Waals surface area contributed by atoms with Crippen molar-refractivity contribution in [2.45, 2.75) is 6.92 Å². The predicted octanol–water partition coefficient (Wildman–Crippen LogP) is 4.68. The summed E-state index contributed by atoms with van der Waals surface area (Å²) in [4.78, 5) is 13.9. The fraction of sp³-hybridized carbons (Fsp3) is 0.0952. The summed E-state index contributed by atoms with van der Waals surface area (Å²) in [7, 11) is 1.66. The number of hydrogen-bond donors (Lipinski definition) is 0. The SMILES string of the molecule is COc1ccc(-c2nc(-c3ncc4ccccc4n3)ccc2C)cc1. The molecule has 2 aromatic carbocycles. The topological polar surface area (TPSA) is 47.9 Å². The van der Waals surface area contributed by atoms with E-state index in [4.69, 9.17) is 9.72 Å². The Hall–Kier alpha value is -3.27. The van der Waals surface area contributed by atoms with Gasteiger partial charge >= 0.3 is 0 Å². The third-order valence-corrected chi connectivity index (χ3v) is 4.18. The minimum atomic E-state index is 0.633. The molecule has 0 amide bonds. The highest BCUT2D eigenvalue weighted by Crippen LogP contribution is 2.26. The molecule has 0 spiro atoms. The molecule has 0 saturated heterocycles. The molecule has 0 aliphatic carbocycles. The Morgan fingerprint density at radius 2 is 1.64 bits per heavy atom. The van der Waals surface area contributed by atoms with Crippen molar-refractivity contribution in [2.75, 3.05) is 7.11 Å². The molecule has 0 bridgehead atoms. The van der Waals surface area contributed by atoms with Crippen LogP contribution in [-0.2, 0) is 0 Å². The zero-order valence-corrected chi connectivity index (χ0v) is 14.1. The molecule has 0 aliphatic heterocycles. The van der Waals surface area contributed by atoms with Gasteiger partial charge in [0.15, 0.2) is 5.82 Å². The molecular formula is C21H17N3O. The van der Waals surface area contributed by atoms with Crippen molar-refractivity contribution in [1.29, 1.82) is 0 Å². The van der Waals surface area contributed by atoms with Gasteiger partial charge in [-0.15, -0.1) is 0 Å². The predicted molar refractivity (Wildman–Crippen MR) is 99.5 cm³/mol. The molecule has 0 unspecified atom stereocenters. The molecule has 0 atom stereocenters. The van der Waals surface area contributed by atoms with Gasteiger partial charge in [0.1, 0.15) is 11.4 Å². The third kappa shape index (κ3) is 2.94. The third-order valence-electron chi connectivity index (χ3n) is 4.18. The van der Waals surface area contributed by atoms with Crippen LogP contribution < -0.4 is 4.74 Å². The Kier molecular flexibility index (Phi) is 3.86. The summed E-state index contributed by atoms with van der Waals surface area (Å²) in [5, 5.41) is 1.02. The van der Waals surface area contributed by atoms with Gasteiger partial charge in [0, 0.05) is 17.1 Å². The minimum Gasteiger partial charge on any atom is -0.497 e. The molecule has 2 aromatic heterocycles. The molecule has 0 fully saturated rings. The van der Waals surface area contributed by atoms with Crippen LogP contribution in [0.1, 0.15) is 5.56 Å². The van der Waals surface area contributed by atoms with Gasteiger partial charge in [0.05, 0.1) is 18.3 Å². The highest BCUT2D eigenvalue weighted by atomic mass is 16.5. The highest BCUT2D eigenvalue weighted by molar-refractivity contribution is 5.79. The lowest BCUT2D eigenvalue weighted by Crippen LogP contribution is -1.96. The number of fused-ring (bicyclic) bond motifs is 1. The molecule has 0 saturated carbocycles. The number of hydrogen-bond acceptors (Lipinski definition) is 4. The number of ether oxygens (including phenoxy) is 1. The van der Waals surface area contributed by atoms with Crippen molar-refractivity contribution < 1.29 is 4.74 Å². The van der Waals surface area contributed by atoms with Crippen molar-refractivity contribution in [3.63, 3.8) is 0 Å². The molecule has 25 heavy (non-hydrogen) atoms. The maximum atomic E-state index is 5.23. The highest BCUT2D eigenvalue weighted by Gasteiger charge is 2.10. The van der Waals surface area contributed by atoms with E-state index in [0.29, 0.717) is 5.82 Å². The van der Waals surface area contributed by atoms with Gasteiger partial charge in [0.25, 0.3) is 0 Å². The van der Waals surface area contributed by atoms with Crippen LogP contribution in [-0.4, -0.2) is 22.1 Å². The van der Waals surface area contributed by atoms with E-state index in [1.807, 2.05) is 60.8 Å². The van der Waals surface area contributed by atoms with E-state index >= 15 is 0 Å². The van der Waals surface area contributed by atoms with Crippen LogP contribution in [0.2, 0.25) is 0 Å². The van der Waals surface area contributed by atoms with Crippen LogP contribution in [0.25, 0.3) is 33.7 Å². The first-order valence-corrected chi connectivity index (χ1v) is 8.09. The van der Waals surface area contributed by atoms with Crippen molar-refractivity contribution in [1.82, 2.24) is 15.0 Å². The number of nitrogens with zero attached hydrogens (tertiary/aromatic N) is 3. The zero-order chi connectivity index (χ0) is 17.2. The van der Waals surface area contributed by atoms with Crippen LogP contribution in [0.3, 0.4) is 0 Å². The van der Waals surface area contributed by atoms with Gasteiger partial charge in [0.2, 0.25) is 0 Å². The van der Waals surface area contributed by atoms with Crippen molar-refractivity contribution in [2.24, 2.45) is 0 Å². The van der Waals surface area contributed by atoms with Crippen LogP contribution >= 0.6 is 0 Å². The van der Waals surface area contributed by atoms with E-state index in [1.54, 1.807) is 7.11 Å². The Bertz CT molecular complexity index is 1040. The fourth-order valence-electron chi connectivity index (χ4n) is 2.79. The second-order valence-corrected chi connectivity index (χ2v) is 5.84. The molecule has 4 nitrogen and oxygen atoms in total. The molecule has 0 N–H and O–H groups in total. The minimum absolute atomic E-state index is 0.633. The molecule has 4 heteroatoms. The zero-order valence-electron chi connectivity index (χ0n) is 14.1. The van der Waals surface area contributed by atoms with Gasteiger partial charge < -0.3 is 4.74 Å². The van der Waals surface area contributed by atoms with Crippen LogP contribution in [0.4, 0.5) is 0 Å². The number of aromatic nitrogens is 3. The summed E-state index contributed by atoms with van der Waals surface area (Å²) in [6.07, 6.45) is 1.84. The first-order valence-electron chi connectivity index (χ1n) is 8.09. The number of benzene rings is 2. The van der Waals surface area contributed by atoms with Crippen molar-refractivity contribution in [3.8, 4) is 28.5 Å². The van der Waals surface area contributed by atoms with E-state index in [9.17, 15) is 0 Å². The molecular weight excluding hydrogens is 310 g/mol. The van der Waals surface area contributed by atoms with E-state index in [-0.39, 0.29) is 0 Å². The number of rotatable bonds is 3. The summed E-state index contributed by atoms with van der Waals surface area (Å²) < 4.78 is 5.23. The van der Waals surface area contributed by atoms with Gasteiger partial charge in [-0.1, -0.05) is 24.3 Å². The Balaban J connectivity index is 1.79.